The van der Waals surface area contributed by atoms with E-state index in [1.807, 2.05) is 26.0 Å². The minimum Gasteiger partial charge on any atom is -0.351 e. The maximum atomic E-state index is 12.6. The van der Waals surface area contributed by atoms with Gasteiger partial charge in [-0.15, -0.1) is 11.3 Å². The van der Waals surface area contributed by atoms with Crippen molar-refractivity contribution in [3.63, 3.8) is 0 Å². The molecule has 0 fully saturated rings. The quantitative estimate of drug-likeness (QED) is 0.729. The molecule has 7 nitrogen and oxygen atoms in total. The van der Waals surface area contributed by atoms with Crippen molar-refractivity contribution in [1.82, 2.24) is 25.1 Å². The summed E-state index contributed by atoms with van der Waals surface area (Å²) >= 11 is 1.24. The lowest BCUT2D eigenvalue weighted by Gasteiger charge is -2.07. The Morgan fingerprint density at radius 3 is 2.74 bits per heavy atom. The normalized spacial score (nSPS) is 10.8. The largest absolute Gasteiger partial charge is 0.351 e. The van der Waals surface area contributed by atoms with Gasteiger partial charge < -0.3 is 5.32 Å². The third kappa shape index (κ3) is 3.95. The lowest BCUT2D eigenvalue weighted by molar-refractivity contribution is 0.0957. The van der Waals surface area contributed by atoms with Gasteiger partial charge in [0.15, 0.2) is 0 Å². The van der Waals surface area contributed by atoms with E-state index in [2.05, 4.69) is 20.4 Å². The number of rotatable bonds is 5. The first-order chi connectivity index (χ1) is 12.9. The summed E-state index contributed by atoms with van der Waals surface area (Å²) in [6.07, 6.45) is 4.21. The Morgan fingerprint density at radius 1 is 1.26 bits per heavy atom. The molecule has 1 amide bonds. The molecule has 0 radical (unpaired) electrons. The molecule has 0 spiro atoms. The number of amides is 1. The third-order valence-electron chi connectivity index (χ3n) is 4.36. The summed E-state index contributed by atoms with van der Waals surface area (Å²) in [6.45, 7) is 5.99. The Kier molecular flexibility index (Phi) is 5.46. The van der Waals surface area contributed by atoms with Crippen LogP contribution in [0.2, 0.25) is 0 Å². The van der Waals surface area contributed by atoms with Crippen molar-refractivity contribution in [3.8, 4) is 10.6 Å². The average molecular weight is 383 g/mol. The van der Waals surface area contributed by atoms with Crippen LogP contribution in [0.1, 0.15) is 32.2 Å². The predicted octanol–water partition coefficient (Wildman–Crippen LogP) is 2.20. The van der Waals surface area contributed by atoms with Crippen molar-refractivity contribution in [2.45, 2.75) is 27.2 Å². The van der Waals surface area contributed by atoms with E-state index in [0.717, 1.165) is 16.8 Å². The molecule has 0 saturated heterocycles. The molecule has 3 aromatic rings. The number of thiazole rings is 1. The van der Waals surface area contributed by atoms with E-state index >= 15 is 0 Å². The number of aryl methyl sites for hydroxylation is 3. The maximum Gasteiger partial charge on any atom is 0.277 e. The lowest BCUT2D eigenvalue weighted by Crippen LogP contribution is -2.25. The summed E-state index contributed by atoms with van der Waals surface area (Å²) in [5.74, 6) is -0.180. The number of nitrogens with zero attached hydrogens (tertiary/aromatic N) is 4. The van der Waals surface area contributed by atoms with Crippen LogP contribution in [-0.2, 0) is 13.5 Å². The van der Waals surface area contributed by atoms with Gasteiger partial charge in [0, 0.05) is 26.0 Å². The standard InChI is InChI=1S/C19H21N5O2S/c1-11-12(2)23-24(4)19(26)15(11)18-22-13(3)16(27-18)17(25)21-9-7-14-6-5-8-20-10-14/h5-6,8,10H,7,9H2,1-4H3,(H,21,25). The van der Waals surface area contributed by atoms with Gasteiger partial charge in [-0.25, -0.2) is 9.67 Å². The van der Waals surface area contributed by atoms with E-state index in [1.165, 1.54) is 16.0 Å². The van der Waals surface area contributed by atoms with Crippen LogP contribution in [0.15, 0.2) is 29.3 Å². The minimum atomic E-state index is -0.213. The molecule has 0 atom stereocenters. The Morgan fingerprint density at radius 2 is 2.04 bits per heavy atom. The molecule has 1 N–H and O–H groups in total. The molecule has 3 aromatic heterocycles. The van der Waals surface area contributed by atoms with Crippen LogP contribution in [-0.4, -0.2) is 32.2 Å². The molecule has 0 aliphatic carbocycles. The highest BCUT2D eigenvalue weighted by atomic mass is 32.1. The van der Waals surface area contributed by atoms with Gasteiger partial charge in [0.1, 0.15) is 9.88 Å². The number of aromatic nitrogens is 4. The fourth-order valence-corrected chi connectivity index (χ4v) is 3.84. The van der Waals surface area contributed by atoms with E-state index in [-0.39, 0.29) is 11.5 Å². The predicted molar refractivity (Wildman–Crippen MR) is 105 cm³/mol. The van der Waals surface area contributed by atoms with Crippen LogP contribution in [0.25, 0.3) is 10.6 Å². The van der Waals surface area contributed by atoms with Crippen molar-refractivity contribution in [2.24, 2.45) is 7.05 Å². The van der Waals surface area contributed by atoms with E-state index in [4.69, 9.17) is 0 Å². The zero-order valence-electron chi connectivity index (χ0n) is 15.7. The van der Waals surface area contributed by atoms with Crippen LogP contribution in [0, 0.1) is 20.8 Å². The van der Waals surface area contributed by atoms with Crippen LogP contribution < -0.4 is 10.9 Å². The van der Waals surface area contributed by atoms with Crippen LogP contribution >= 0.6 is 11.3 Å². The number of carbonyl (C=O) groups is 1. The first kappa shape index (κ1) is 18.9. The highest BCUT2D eigenvalue weighted by Gasteiger charge is 2.20. The number of pyridine rings is 1. The highest BCUT2D eigenvalue weighted by molar-refractivity contribution is 7.17. The molecule has 27 heavy (non-hydrogen) atoms. The molecule has 0 aromatic carbocycles. The second-order valence-corrected chi connectivity index (χ2v) is 7.31. The molecular weight excluding hydrogens is 362 g/mol. The van der Waals surface area contributed by atoms with Crippen LogP contribution in [0.3, 0.4) is 0 Å². The van der Waals surface area contributed by atoms with Gasteiger partial charge in [-0.2, -0.15) is 5.10 Å². The molecule has 0 saturated carbocycles. The summed E-state index contributed by atoms with van der Waals surface area (Å²) in [6, 6.07) is 3.84. The van der Waals surface area contributed by atoms with E-state index in [0.29, 0.717) is 34.1 Å². The topological polar surface area (TPSA) is 89.8 Å². The van der Waals surface area contributed by atoms with E-state index < -0.39 is 0 Å². The molecule has 0 aliphatic rings. The summed E-state index contributed by atoms with van der Waals surface area (Å²) in [5, 5.41) is 7.65. The fraction of sp³-hybridized carbons (Fsp3) is 0.316. The Balaban J connectivity index is 1.81. The minimum absolute atomic E-state index is 0.180. The lowest BCUT2D eigenvalue weighted by atomic mass is 10.1. The molecule has 0 aliphatic heterocycles. The van der Waals surface area contributed by atoms with Crippen molar-refractivity contribution in [1.29, 1.82) is 0 Å². The second-order valence-electron chi connectivity index (χ2n) is 6.31. The molecule has 8 heteroatoms. The fourth-order valence-electron chi connectivity index (χ4n) is 2.76. The summed E-state index contributed by atoms with van der Waals surface area (Å²) in [4.78, 5) is 34.1. The smallest absolute Gasteiger partial charge is 0.277 e. The van der Waals surface area contributed by atoms with Gasteiger partial charge in [0.2, 0.25) is 0 Å². The molecule has 3 rings (SSSR count). The average Bonchev–Trinajstić information content (AvgIpc) is 3.02. The van der Waals surface area contributed by atoms with Gasteiger partial charge in [0.25, 0.3) is 11.5 Å². The zero-order valence-corrected chi connectivity index (χ0v) is 16.6. The molecule has 3 heterocycles. The Labute approximate surface area is 161 Å². The Bertz CT molecular complexity index is 1040. The van der Waals surface area contributed by atoms with Crippen molar-refractivity contribution >= 4 is 17.2 Å². The summed E-state index contributed by atoms with van der Waals surface area (Å²) in [7, 11) is 1.62. The third-order valence-corrected chi connectivity index (χ3v) is 5.54. The second kappa shape index (κ2) is 7.79. The molecule has 0 unspecified atom stereocenters. The van der Waals surface area contributed by atoms with Gasteiger partial charge in [-0.1, -0.05) is 6.07 Å². The monoisotopic (exact) mass is 383 g/mol. The van der Waals surface area contributed by atoms with Gasteiger partial charge in [0.05, 0.1) is 17.0 Å². The molecule has 0 bridgehead atoms. The number of hydrogen-bond donors (Lipinski definition) is 1. The van der Waals surface area contributed by atoms with Crippen LogP contribution in [0.4, 0.5) is 0 Å². The first-order valence-electron chi connectivity index (χ1n) is 8.58. The molecule has 140 valence electrons. The molecular formula is C19H21N5O2S. The van der Waals surface area contributed by atoms with Gasteiger partial charge in [-0.05, 0) is 44.4 Å². The first-order valence-corrected chi connectivity index (χ1v) is 9.39. The zero-order chi connectivity index (χ0) is 19.6. The Hall–Kier alpha value is -2.87. The SMILES string of the molecule is Cc1nc(-c2c(C)c(C)nn(C)c2=O)sc1C(=O)NCCc1cccnc1. The van der Waals surface area contributed by atoms with Crippen LogP contribution in [0.5, 0.6) is 0 Å². The van der Waals surface area contributed by atoms with E-state index in [1.54, 1.807) is 26.4 Å². The number of hydrogen-bond acceptors (Lipinski definition) is 6. The summed E-state index contributed by atoms with van der Waals surface area (Å²) in [5.41, 5.74) is 3.52. The van der Waals surface area contributed by atoms with E-state index in [9.17, 15) is 9.59 Å². The number of carbonyl (C=O) groups excluding carboxylic acids is 1. The van der Waals surface area contributed by atoms with Crippen molar-refractivity contribution in [2.75, 3.05) is 6.54 Å². The van der Waals surface area contributed by atoms with Crippen molar-refractivity contribution in [3.05, 3.63) is 62.3 Å². The van der Waals surface area contributed by atoms with Gasteiger partial charge >= 0.3 is 0 Å². The van der Waals surface area contributed by atoms with Gasteiger partial charge in [-0.3, -0.25) is 14.6 Å². The summed E-state index contributed by atoms with van der Waals surface area (Å²) < 4.78 is 1.31. The number of nitrogens with one attached hydrogen (secondary N) is 1. The maximum absolute atomic E-state index is 12.6. The van der Waals surface area contributed by atoms with Crippen molar-refractivity contribution < 1.29 is 4.79 Å². The highest BCUT2D eigenvalue weighted by Crippen LogP contribution is 2.28.